The van der Waals surface area contributed by atoms with Gasteiger partial charge in [0.15, 0.2) is 11.4 Å². The summed E-state index contributed by atoms with van der Waals surface area (Å²) in [4.78, 5) is 49.7. The molecule has 1 unspecified atom stereocenters. The van der Waals surface area contributed by atoms with Crippen molar-refractivity contribution in [1.82, 2.24) is 15.3 Å². The number of ether oxygens (including phenoxy) is 4. The Morgan fingerprint density at radius 2 is 1.77 bits per heavy atom. The molecule has 10 heteroatoms. The molecule has 5 rings (SSSR count). The topological polar surface area (TPSA) is 126 Å². The molecule has 1 aromatic heterocycles. The summed E-state index contributed by atoms with van der Waals surface area (Å²) in [5, 5.41) is 3.56. The van der Waals surface area contributed by atoms with Gasteiger partial charge in [0.05, 0.1) is 36.5 Å². The van der Waals surface area contributed by atoms with E-state index in [-0.39, 0.29) is 19.4 Å². The summed E-state index contributed by atoms with van der Waals surface area (Å²) in [5.74, 6) is -1.65. The highest BCUT2D eigenvalue weighted by Gasteiger charge is 2.53. The van der Waals surface area contributed by atoms with Gasteiger partial charge >= 0.3 is 11.9 Å². The van der Waals surface area contributed by atoms with Gasteiger partial charge in [-0.25, -0.2) is 9.78 Å². The predicted molar refractivity (Wildman–Crippen MR) is 164 cm³/mol. The summed E-state index contributed by atoms with van der Waals surface area (Å²) in [6.45, 7) is 11.2. The number of rotatable bonds is 9. The van der Waals surface area contributed by atoms with E-state index < -0.39 is 46.9 Å². The molecule has 2 fully saturated rings. The number of aromatic nitrogens is 2. The zero-order valence-corrected chi connectivity index (χ0v) is 25.8. The van der Waals surface area contributed by atoms with Crippen LogP contribution in [0, 0.1) is 11.8 Å². The third-order valence-corrected chi connectivity index (χ3v) is 8.11. The average Bonchev–Trinajstić information content (AvgIpc) is 3.42. The van der Waals surface area contributed by atoms with Crippen LogP contribution in [-0.4, -0.2) is 58.8 Å². The van der Waals surface area contributed by atoms with E-state index in [4.69, 9.17) is 28.9 Å². The predicted octanol–water partition coefficient (Wildman–Crippen LogP) is 5.19. The van der Waals surface area contributed by atoms with Gasteiger partial charge in [-0.3, -0.25) is 9.59 Å². The molecule has 2 saturated carbocycles. The summed E-state index contributed by atoms with van der Waals surface area (Å²) in [5.41, 5.74) is -0.0266. The summed E-state index contributed by atoms with van der Waals surface area (Å²) < 4.78 is 22.9. The molecule has 2 aliphatic carbocycles. The minimum absolute atomic E-state index is 0.174. The highest BCUT2D eigenvalue weighted by Crippen LogP contribution is 2.42. The largest absolute Gasteiger partial charge is 0.497 e. The number of benzene rings is 2. The fourth-order valence-electron chi connectivity index (χ4n) is 5.74. The lowest BCUT2D eigenvalue weighted by molar-refractivity contribution is -0.163. The van der Waals surface area contributed by atoms with Gasteiger partial charge in [0.25, 0.3) is 0 Å². The molecule has 0 aliphatic heterocycles. The van der Waals surface area contributed by atoms with Crippen LogP contribution >= 0.6 is 0 Å². The minimum Gasteiger partial charge on any atom is -0.497 e. The fourth-order valence-corrected chi connectivity index (χ4v) is 5.74. The van der Waals surface area contributed by atoms with Crippen molar-refractivity contribution in [3.8, 4) is 23.0 Å². The zero-order valence-electron chi connectivity index (χ0n) is 25.8. The van der Waals surface area contributed by atoms with Crippen molar-refractivity contribution in [2.75, 3.05) is 13.7 Å². The van der Waals surface area contributed by atoms with E-state index in [2.05, 4.69) is 11.9 Å². The van der Waals surface area contributed by atoms with Crippen molar-refractivity contribution in [2.24, 2.45) is 11.8 Å². The van der Waals surface area contributed by atoms with Crippen molar-refractivity contribution in [1.29, 1.82) is 0 Å². The van der Waals surface area contributed by atoms with Crippen LogP contribution in [0.25, 0.3) is 22.3 Å². The first-order valence-corrected chi connectivity index (χ1v) is 14.9. The first-order valence-electron chi connectivity index (χ1n) is 14.9. The number of amides is 1. The Bertz CT molecular complexity index is 1580. The summed E-state index contributed by atoms with van der Waals surface area (Å²) >= 11 is 0. The Morgan fingerprint density at radius 3 is 2.39 bits per heavy atom. The van der Waals surface area contributed by atoms with Crippen LogP contribution in [0.2, 0.25) is 0 Å². The number of carbonyl (C=O) groups is 3. The summed E-state index contributed by atoms with van der Waals surface area (Å²) in [7, 11) is 1.59. The molecule has 0 radical (unpaired) electrons. The van der Waals surface area contributed by atoms with Crippen LogP contribution in [0.4, 0.5) is 0 Å². The van der Waals surface area contributed by atoms with Gasteiger partial charge in [0.1, 0.15) is 17.5 Å². The van der Waals surface area contributed by atoms with Gasteiger partial charge in [0.2, 0.25) is 11.8 Å². The number of nitrogens with zero attached hydrogens (tertiary/aromatic N) is 2. The normalized spacial score (nSPS) is 23.0. The number of hydrogen-bond donors (Lipinski definition) is 1. The van der Waals surface area contributed by atoms with Crippen LogP contribution < -0.4 is 14.8 Å². The smallest absolute Gasteiger partial charge is 0.336 e. The van der Waals surface area contributed by atoms with Gasteiger partial charge in [0, 0.05) is 11.6 Å². The molecule has 232 valence electrons. The molecule has 2 aromatic carbocycles. The SMILES string of the molecule is C=C1CCC1(NC(=O)[C@@H]1C[C@@H](Oc2nc(-c3ccccc3)nc3cc(OC)ccc23)C[C@H]1C(=O)OC(C)(C)C)C(=O)OCC. The Hall–Kier alpha value is -4.47. The molecule has 3 aromatic rings. The maximum absolute atomic E-state index is 13.8. The molecule has 1 amide bonds. The lowest BCUT2D eigenvalue weighted by Crippen LogP contribution is -2.62. The highest BCUT2D eigenvalue weighted by atomic mass is 16.6. The third kappa shape index (κ3) is 6.25. The Kier molecular flexibility index (Phi) is 8.63. The number of hydrogen-bond acceptors (Lipinski definition) is 9. The van der Waals surface area contributed by atoms with Crippen LogP contribution in [-0.2, 0) is 23.9 Å². The standard InChI is InChI=1S/C34H39N3O7/c1-7-42-32(40)34(16-15-20(34)2)37-29(38)25-17-23(18-26(25)31(39)44-33(3,4)5)43-30-24-14-13-22(41-6)19-27(24)35-28(36-30)21-11-9-8-10-12-21/h8-14,19,23,25-26H,2,7,15-18H2,1,3-6H3,(H,37,38)/t23-,25-,26-,34?/m1/s1. The second-order valence-corrected chi connectivity index (χ2v) is 12.3. The third-order valence-electron chi connectivity index (χ3n) is 8.11. The quantitative estimate of drug-likeness (QED) is 0.261. The molecule has 4 atom stereocenters. The second kappa shape index (κ2) is 12.3. The lowest BCUT2D eigenvalue weighted by Gasteiger charge is -2.42. The van der Waals surface area contributed by atoms with E-state index in [0.717, 1.165) is 5.56 Å². The van der Waals surface area contributed by atoms with E-state index in [1.165, 1.54) is 0 Å². The molecule has 1 heterocycles. The minimum atomic E-state index is -1.29. The zero-order chi connectivity index (χ0) is 31.6. The van der Waals surface area contributed by atoms with Gasteiger partial charge in [-0.15, -0.1) is 0 Å². The first kappa shape index (κ1) is 31.0. The molecular weight excluding hydrogens is 562 g/mol. The molecule has 10 nitrogen and oxygen atoms in total. The molecule has 1 N–H and O–H groups in total. The van der Waals surface area contributed by atoms with Crippen molar-refractivity contribution in [3.63, 3.8) is 0 Å². The molecule has 44 heavy (non-hydrogen) atoms. The van der Waals surface area contributed by atoms with Crippen LogP contribution in [0.3, 0.4) is 0 Å². The molecule has 0 spiro atoms. The van der Waals surface area contributed by atoms with Gasteiger partial charge in [-0.05, 0) is 71.1 Å². The molecule has 0 saturated heterocycles. The van der Waals surface area contributed by atoms with E-state index in [1.807, 2.05) is 42.5 Å². The van der Waals surface area contributed by atoms with Crippen LogP contribution in [0.5, 0.6) is 11.6 Å². The Labute approximate surface area is 257 Å². The lowest BCUT2D eigenvalue weighted by atomic mass is 9.72. The number of carbonyl (C=O) groups excluding carboxylic acids is 3. The highest BCUT2D eigenvalue weighted by molar-refractivity contribution is 5.95. The van der Waals surface area contributed by atoms with Crippen molar-refractivity contribution < 1.29 is 33.3 Å². The second-order valence-electron chi connectivity index (χ2n) is 12.3. The number of methoxy groups -OCH3 is 1. The van der Waals surface area contributed by atoms with E-state index in [9.17, 15) is 14.4 Å². The van der Waals surface area contributed by atoms with E-state index in [0.29, 0.717) is 46.8 Å². The van der Waals surface area contributed by atoms with Crippen LogP contribution in [0.1, 0.15) is 53.4 Å². The van der Waals surface area contributed by atoms with Gasteiger partial charge < -0.3 is 24.3 Å². The molecule has 0 bridgehead atoms. The fraction of sp³-hybridized carbons (Fsp3) is 0.441. The summed E-state index contributed by atoms with van der Waals surface area (Å²) in [6, 6.07) is 15.0. The van der Waals surface area contributed by atoms with E-state index >= 15 is 0 Å². The molecule has 2 aliphatic rings. The number of nitrogens with one attached hydrogen (secondary N) is 1. The first-order chi connectivity index (χ1) is 20.9. The molecular formula is C34H39N3O7. The van der Waals surface area contributed by atoms with Crippen molar-refractivity contribution in [2.45, 2.75) is 70.6 Å². The maximum Gasteiger partial charge on any atom is 0.336 e. The van der Waals surface area contributed by atoms with Gasteiger partial charge in [-0.2, -0.15) is 4.98 Å². The number of fused-ring (bicyclic) bond motifs is 1. The van der Waals surface area contributed by atoms with Gasteiger partial charge in [-0.1, -0.05) is 36.9 Å². The maximum atomic E-state index is 13.8. The Balaban J connectivity index is 1.47. The van der Waals surface area contributed by atoms with Crippen molar-refractivity contribution >= 4 is 28.7 Å². The average molecular weight is 602 g/mol. The van der Waals surface area contributed by atoms with Crippen LogP contribution in [0.15, 0.2) is 60.7 Å². The monoisotopic (exact) mass is 601 g/mol. The summed E-state index contributed by atoms with van der Waals surface area (Å²) in [6.07, 6.45) is 0.876. The van der Waals surface area contributed by atoms with E-state index in [1.54, 1.807) is 40.9 Å². The Morgan fingerprint density at radius 1 is 1.05 bits per heavy atom. The number of esters is 2. The van der Waals surface area contributed by atoms with Crippen molar-refractivity contribution in [3.05, 3.63) is 60.7 Å².